The summed E-state index contributed by atoms with van der Waals surface area (Å²) in [5.74, 6) is 0.344. The Kier molecular flexibility index (Phi) is 5.23. The van der Waals surface area contributed by atoms with E-state index in [1.165, 1.54) is 27.6 Å². The van der Waals surface area contributed by atoms with E-state index < -0.39 is 7.25 Å². The molecule has 2 atom stereocenters. The van der Waals surface area contributed by atoms with Crippen LogP contribution in [0.15, 0.2) is 36.4 Å². The third-order valence-corrected chi connectivity index (χ3v) is 4.66. The highest BCUT2D eigenvalue weighted by Gasteiger charge is 2.49. The van der Waals surface area contributed by atoms with Crippen molar-refractivity contribution in [1.29, 1.82) is 0 Å². The van der Waals surface area contributed by atoms with Crippen molar-refractivity contribution in [2.45, 2.75) is 25.4 Å². The monoisotopic (exact) mass is 369 g/mol. The molecule has 2 aromatic carbocycles. The second kappa shape index (κ2) is 7.27. The van der Waals surface area contributed by atoms with Crippen LogP contribution in [-0.4, -0.2) is 38.0 Å². The van der Waals surface area contributed by atoms with E-state index in [1.54, 1.807) is 0 Å². The van der Waals surface area contributed by atoms with Crippen LogP contribution in [0, 0.1) is 0 Å². The summed E-state index contributed by atoms with van der Waals surface area (Å²) in [7, 11) is -3.98. The summed E-state index contributed by atoms with van der Waals surface area (Å²) in [4.78, 5) is 6.14. The van der Waals surface area contributed by atoms with Crippen LogP contribution in [0.1, 0.15) is 36.5 Å². The van der Waals surface area contributed by atoms with Crippen molar-refractivity contribution in [3.05, 3.63) is 47.5 Å². The molecular weight excluding hydrogens is 349 g/mol. The number of rotatable bonds is 4. The minimum absolute atomic E-state index is 0.132. The third kappa shape index (κ3) is 3.70. The number of nitrogens with zero attached hydrogens (tertiary/aromatic N) is 1. The molecule has 2 aromatic rings. The summed E-state index contributed by atoms with van der Waals surface area (Å²) in [5.41, 5.74) is 4.06. The zero-order chi connectivity index (χ0) is 18.9. The van der Waals surface area contributed by atoms with Crippen molar-refractivity contribution in [2.24, 2.45) is 0 Å². The number of halogens is 4. The van der Waals surface area contributed by atoms with Crippen molar-refractivity contribution in [1.82, 2.24) is 0 Å². The maximum absolute atomic E-state index is 9.75. The fourth-order valence-electron chi connectivity index (χ4n) is 3.78. The summed E-state index contributed by atoms with van der Waals surface area (Å²) in [5, 5.41) is 2.70. The SMILES string of the molecule is CCOCCC1=[N+](C)OC2c3cccc4cccc(c34)C12.F[B-](F)(F)F. The topological polar surface area (TPSA) is 21.5 Å². The van der Waals surface area contributed by atoms with Crippen molar-refractivity contribution >= 4 is 23.7 Å². The first kappa shape index (κ1) is 18.7. The molecule has 0 aromatic heterocycles. The molecule has 0 bridgehead atoms. The Balaban J connectivity index is 0.000000349. The summed E-state index contributed by atoms with van der Waals surface area (Å²) in [6.07, 6.45) is 1.06. The number of hydrogen-bond acceptors (Lipinski definition) is 2. The van der Waals surface area contributed by atoms with Gasteiger partial charge in [-0.1, -0.05) is 36.4 Å². The average molecular weight is 369 g/mol. The van der Waals surface area contributed by atoms with Crippen LogP contribution >= 0.6 is 0 Å². The molecule has 0 N–H and O–H groups in total. The molecule has 1 aliphatic heterocycles. The number of fused-ring (bicyclic) bond motifs is 3. The molecule has 2 unspecified atom stereocenters. The van der Waals surface area contributed by atoms with E-state index in [4.69, 9.17) is 9.57 Å². The minimum atomic E-state index is -6.00. The van der Waals surface area contributed by atoms with Gasteiger partial charge in [0.2, 0.25) is 11.8 Å². The Morgan fingerprint density at radius 3 is 2.31 bits per heavy atom. The van der Waals surface area contributed by atoms with E-state index in [9.17, 15) is 17.3 Å². The van der Waals surface area contributed by atoms with Crippen molar-refractivity contribution < 1.29 is 31.6 Å². The highest BCUT2D eigenvalue weighted by atomic mass is 19.5. The standard InChI is InChI=1S/C18H20NO2.BF4/c1-3-20-11-10-15-17-13-8-4-6-12-7-5-9-14(16(12)13)18(17)21-19(15)2;2-1(3,4)5/h4-9,17-18H,3,10-11H2,1-2H3;/q+1;-1. The van der Waals surface area contributed by atoms with Crippen molar-refractivity contribution in [2.75, 3.05) is 20.3 Å². The lowest BCUT2D eigenvalue weighted by molar-refractivity contribution is -0.770. The van der Waals surface area contributed by atoms with Crippen LogP contribution in [0.4, 0.5) is 17.3 Å². The van der Waals surface area contributed by atoms with Gasteiger partial charge in [-0.2, -0.15) is 0 Å². The predicted molar refractivity (Wildman–Crippen MR) is 93.0 cm³/mol. The van der Waals surface area contributed by atoms with Crippen LogP contribution < -0.4 is 0 Å². The summed E-state index contributed by atoms with van der Waals surface area (Å²) in [6, 6.07) is 13.1. The van der Waals surface area contributed by atoms with Crippen LogP contribution in [-0.2, 0) is 9.57 Å². The van der Waals surface area contributed by atoms with Gasteiger partial charge in [0.25, 0.3) is 0 Å². The van der Waals surface area contributed by atoms with Crippen LogP contribution in [0.2, 0.25) is 0 Å². The van der Waals surface area contributed by atoms with E-state index in [0.29, 0.717) is 5.92 Å². The van der Waals surface area contributed by atoms with Crippen molar-refractivity contribution in [3.63, 3.8) is 0 Å². The highest BCUT2D eigenvalue weighted by molar-refractivity contribution is 6.50. The van der Waals surface area contributed by atoms with Gasteiger partial charge >= 0.3 is 7.25 Å². The Morgan fingerprint density at radius 1 is 1.08 bits per heavy atom. The zero-order valence-electron chi connectivity index (χ0n) is 14.6. The van der Waals surface area contributed by atoms with E-state index in [0.717, 1.165) is 19.6 Å². The lowest BCUT2D eigenvalue weighted by atomic mass is 9.92. The Labute approximate surface area is 149 Å². The average Bonchev–Trinajstić information content (AvgIpc) is 3.04. The van der Waals surface area contributed by atoms with E-state index in [2.05, 4.69) is 36.4 Å². The predicted octanol–water partition coefficient (Wildman–Crippen LogP) is 4.73. The number of ether oxygens (including phenoxy) is 1. The number of hydrogen-bond donors (Lipinski definition) is 0. The fraction of sp³-hybridized carbons (Fsp3) is 0.389. The van der Waals surface area contributed by atoms with Gasteiger partial charge < -0.3 is 22.0 Å². The molecular formula is C18H20BF4NO2. The number of hydroxylamine groups is 1. The smallest absolute Gasteiger partial charge is 0.418 e. The van der Waals surface area contributed by atoms with Crippen LogP contribution in [0.25, 0.3) is 10.8 Å². The van der Waals surface area contributed by atoms with Gasteiger partial charge in [-0.15, -0.1) is 0 Å². The Bertz CT molecular complexity index is 826. The second-order valence-corrected chi connectivity index (χ2v) is 6.23. The normalized spacial score (nSPS) is 20.7. The van der Waals surface area contributed by atoms with Gasteiger partial charge in [0.1, 0.15) is 5.92 Å². The molecule has 0 fully saturated rings. The molecule has 0 saturated carbocycles. The molecule has 1 aliphatic carbocycles. The van der Waals surface area contributed by atoms with Gasteiger partial charge in [-0.25, -0.2) is 0 Å². The Morgan fingerprint density at radius 2 is 1.69 bits per heavy atom. The quantitative estimate of drug-likeness (QED) is 0.336. The van der Waals surface area contributed by atoms with E-state index in [1.807, 2.05) is 18.7 Å². The van der Waals surface area contributed by atoms with Gasteiger partial charge in [0, 0.05) is 12.2 Å². The maximum atomic E-state index is 9.75. The first-order valence-corrected chi connectivity index (χ1v) is 8.54. The molecule has 0 amide bonds. The van der Waals surface area contributed by atoms with Gasteiger partial charge in [-0.3, -0.25) is 4.84 Å². The zero-order valence-corrected chi connectivity index (χ0v) is 14.6. The second-order valence-electron chi connectivity index (χ2n) is 6.23. The Hall–Kier alpha value is -2.09. The lowest BCUT2D eigenvalue weighted by Gasteiger charge is -2.07. The summed E-state index contributed by atoms with van der Waals surface area (Å²) in [6.45, 7) is 3.56. The highest BCUT2D eigenvalue weighted by Crippen LogP contribution is 2.50. The lowest BCUT2D eigenvalue weighted by Crippen LogP contribution is -2.17. The van der Waals surface area contributed by atoms with Gasteiger partial charge in [0.05, 0.1) is 13.0 Å². The molecule has 8 heteroatoms. The molecule has 0 radical (unpaired) electrons. The molecule has 3 nitrogen and oxygen atoms in total. The first-order chi connectivity index (χ1) is 12.3. The van der Waals surface area contributed by atoms with Crippen molar-refractivity contribution in [3.8, 4) is 0 Å². The summed E-state index contributed by atoms with van der Waals surface area (Å²) < 4.78 is 46.5. The molecule has 26 heavy (non-hydrogen) atoms. The first-order valence-electron chi connectivity index (χ1n) is 8.54. The van der Waals surface area contributed by atoms with Crippen LogP contribution in [0.5, 0.6) is 0 Å². The molecule has 0 spiro atoms. The molecule has 4 rings (SSSR count). The molecule has 140 valence electrons. The van der Waals surface area contributed by atoms with Gasteiger partial charge in [0.15, 0.2) is 7.05 Å². The van der Waals surface area contributed by atoms with Crippen LogP contribution in [0.3, 0.4) is 0 Å². The largest absolute Gasteiger partial charge is 0.673 e. The third-order valence-electron chi connectivity index (χ3n) is 4.66. The molecule has 1 heterocycles. The summed E-state index contributed by atoms with van der Waals surface area (Å²) >= 11 is 0. The number of benzene rings is 2. The van der Waals surface area contributed by atoms with E-state index >= 15 is 0 Å². The fourth-order valence-corrected chi connectivity index (χ4v) is 3.78. The molecule has 2 aliphatic rings. The van der Waals surface area contributed by atoms with Gasteiger partial charge in [-0.05, 0) is 28.0 Å². The van der Waals surface area contributed by atoms with E-state index in [-0.39, 0.29) is 6.10 Å². The minimum Gasteiger partial charge on any atom is -0.418 e. The molecule has 0 saturated heterocycles. The maximum Gasteiger partial charge on any atom is 0.673 e.